The Balaban J connectivity index is 1.67. The summed E-state index contributed by atoms with van der Waals surface area (Å²) in [5, 5.41) is 0. The van der Waals surface area contributed by atoms with Crippen molar-refractivity contribution in [2.45, 2.75) is 39.0 Å². The average molecular weight is 415 g/mol. The van der Waals surface area contributed by atoms with Crippen LogP contribution in [0.5, 0.6) is 0 Å². The summed E-state index contributed by atoms with van der Waals surface area (Å²) in [7, 11) is -3.61. The standard InChI is InChI=1S/C21H22FN3O3S/c1-2-10-29(27,28)25-19-9-8-18(24-21(19)22)16-11-14(12-20(26)13-6-7-13)23-17-5-3-4-15(16)17/h3-4,8-9,11,13,25H,2,5-7,10,12H2,1H3. The van der Waals surface area contributed by atoms with Crippen molar-refractivity contribution in [2.75, 3.05) is 10.5 Å². The quantitative estimate of drug-likeness (QED) is 0.667. The zero-order valence-corrected chi connectivity index (χ0v) is 16.9. The van der Waals surface area contributed by atoms with Crippen LogP contribution < -0.4 is 4.72 Å². The lowest BCUT2D eigenvalue weighted by Gasteiger charge is -2.12. The number of carbonyl (C=O) groups excluding carboxylic acids is 1. The number of sulfonamides is 1. The fraction of sp³-hybridized carbons (Fsp3) is 0.381. The summed E-state index contributed by atoms with van der Waals surface area (Å²) in [6.45, 7) is 1.74. The van der Waals surface area contributed by atoms with Gasteiger partial charge >= 0.3 is 0 Å². The fourth-order valence-electron chi connectivity index (χ4n) is 3.47. The molecule has 6 nitrogen and oxygen atoms in total. The molecule has 8 heteroatoms. The van der Waals surface area contributed by atoms with Gasteiger partial charge in [0.05, 0.1) is 17.1 Å². The number of hydrogen-bond donors (Lipinski definition) is 1. The third-order valence-electron chi connectivity index (χ3n) is 5.04. The van der Waals surface area contributed by atoms with E-state index >= 15 is 0 Å². The molecule has 2 heterocycles. The molecule has 2 aromatic rings. The Morgan fingerprint density at radius 1 is 1.28 bits per heavy atom. The Hall–Kier alpha value is -2.61. The minimum Gasteiger partial charge on any atom is -0.299 e. The molecule has 1 fully saturated rings. The van der Waals surface area contributed by atoms with E-state index in [1.54, 1.807) is 19.1 Å². The summed E-state index contributed by atoms with van der Waals surface area (Å²) in [6, 6.07) is 4.75. The maximum absolute atomic E-state index is 14.6. The lowest BCUT2D eigenvalue weighted by molar-refractivity contribution is -0.119. The summed E-state index contributed by atoms with van der Waals surface area (Å²) >= 11 is 0. The molecule has 0 atom stereocenters. The maximum Gasteiger partial charge on any atom is 0.237 e. The number of ketones is 1. The third kappa shape index (κ3) is 4.37. The Labute approximate surface area is 169 Å². The van der Waals surface area contributed by atoms with E-state index in [2.05, 4.69) is 14.7 Å². The fourth-order valence-corrected chi connectivity index (χ4v) is 4.60. The first-order chi connectivity index (χ1) is 13.9. The number of Topliss-reactive ketones (excluding diaryl/α,β-unsaturated/α-hetero) is 1. The smallest absolute Gasteiger partial charge is 0.237 e. The zero-order valence-electron chi connectivity index (χ0n) is 16.1. The monoisotopic (exact) mass is 415 g/mol. The van der Waals surface area contributed by atoms with Crippen molar-refractivity contribution < 1.29 is 17.6 Å². The van der Waals surface area contributed by atoms with Gasteiger partial charge < -0.3 is 0 Å². The van der Waals surface area contributed by atoms with Crippen molar-refractivity contribution in [3.63, 3.8) is 0 Å². The second kappa shape index (κ2) is 7.67. The highest BCUT2D eigenvalue weighted by Crippen LogP contribution is 2.34. The number of rotatable bonds is 8. The predicted octanol–water partition coefficient (Wildman–Crippen LogP) is 3.53. The van der Waals surface area contributed by atoms with Crippen LogP contribution in [-0.4, -0.2) is 29.9 Å². The van der Waals surface area contributed by atoms with Crippen LogP contribution in [0.2, 0.25) is 0 Å². The number of aromatic nitrogens is 2. The molecule has 1 N–H and O–H groups in total. The van der Waals surface area contributed by atoms with Gasteiger partial charge in [0.1, 0.15) is 11.5 Å². The second-order valence-electron chi connectivity index (χ2n) is 7.50. The number of nitrogens with zero attached hydrogens (tertiary/aromatic N) is 2. The highest BCUT2D eigenvalue weighted by atomic mass is 32.2. The van der Waals surface area contributed by atoms with Gasteiger partial charge in [-0.1, -0.05) is 19.1 Å². The molecule has 2 aromatic heterocycles. The molecule has 0 amide bonds. The lowest BCUT2D eigenvalue weighted by atomic mass is 10.0. The first kappa shape index (κ1) is 19.7. The van der Waals surface area contributed by atoms with Crippen LogP contribution in [0.3, 0.4) is 0 Å². The number of carbonyl (C=O) groups is 1. The van der Waals surface area contributed by atoms with Gasteiger partial charge in [0.15, 0.2) is 0 Å². The van der Waals surface area contributed by atoms with Crippen LogP contribution in [0.4, 0.5) is 10.1 Å². The SMILES string of the molecule is CCCS(=O)(=O)Nc1ccc(-c2cc(CC(=O)C3CC3)nc3c2C=CC3)nc1F. The van der Waals surface area contributed by atoms with E-state index < -0.39 is 16.0 Å². The predicted molar refractivity (Wildman–Crippen MR) is 109 cm³/mol. The van der Waals surface area contributed by atoms with Crippen LogP contribution in [0.1, 0.15) is 43.1 Å². The van der Waals surface area contributed by atoms with Gasteiger partial charge in [0.2, 0.25) is 16.0 Å². The van der Waals surface area contributed by atoms with Crippen LogP contribution >= 0.6 is 0 Å². The van der Waals surface area contributed by atoms with Crippen molar-refractivity contribution in [1.29, 1.82) is 0 Å². The van der Waals surface area contributed by atoms with Gasteiger partial charge in [-0.3, -0.25) is 14.5 Å². The molecule has 0 aliphatic heterocycles. The Bertz CT molecular complexity index is 1110. The van der Waals surface area contributed by atoms with Gasteiger partial charge in [-0.2, -0.15) is 4.39 Å². The van der Waals surface area contributed by atoms with Crippen LogP contribution in [-0.2, 0) is 27.7 Å². The number of pyridine rings is 2. The number of fused-ring (bicyclic) bond motifs is 1. The van der Waals surface area contributed by atoms with Crippen LogP contribution in [0.15, 0.2) is 24.3 Å². The number of nitrogens with one attached hydrogen (secondary N) is 1. The van der Waals surface area contributed by atoms with Crippen molar-refractivity contribution >= 4 is 27.6 Å². The van der Waals surface area contributed by atoms with E-state index in [0.29, 0.717) is 29.8 Å². The maximum atomic E-state index is 14.6. The van der Waals surface area contributed by atoms with E-state index in [9.17, 15) is 17.6 Å². The molecule has 0 unspecified atom stereocenters. The van der Waals surface area contributed by atoms with E-state index in [1.807, 2.05) is 12.2 Å². The number of anilines is 1. The van der Waals surface area contributed by atoms with E-state index in [1.165, 1.54) is 6.07 Å². The summed E-state index contributed by atoms with van der Waals surface area (Å²) in [5.41, 5.74) is 3.27. The highest BCUT2D eigenvalue weighted by molar-refractivity contribution is 7.92. The minimum atomic E-state index is -3.61. The molecule has 1 saturated carbocycles. The molecule has 152 valence electrons. The minimum absolute atomic E-state index is 0.0881. The van der Waals surface area contributed by atoms with Crippen molar-refractivity contribution in [2.24, 2.45) is 5.92 Å². The van der Waals surface area contributed by atoms with Crippen LogP contribution in [0, 0.1) is 11.9 Å². The Morgan fingerprint density at radius 2 is 2.07 bits per heavy atom. The van der Waals surface area contributed by atoms with E-state index in [0.717, 1.165) is 24.1 Å². The van der Waals surface area contributed by atoms with E-state index in [4.69, 9.17) is 0 Å². The summed E-state index contributed by atoms with van der Waals surface area (Å²) < 4.78 is 40.6. The molecule has 0 saturated heterocycles. The van der Waals surface area contributed by atoms with Crippen molar-refractivity contribution in [3.8, 4) is 11.3 Å². The first-order valence-electron chi connectivity index (χ1n) is 9.75. The Kier molecular flexibility index (Phi) is 5.21. The normalized spacial score (nSPS) is 15.4. The van der Waals surface area contributed by atoms with Crippen molar-refractivity contribution in [3.05, 3.63) is 47.2 Å². The molecule has 2 aliphatic rings. The molecule has 0 spiro atoms. The number of halogens is 1. The third-order valence-corrected chi connectivity index (χ3v) is 6.51. The van der Waals surface area contributed by atoms with Gasteiger partial charge in [-0.05, 0) is 37.5 Å². The molecule has 29 heavy (non-hydrogen) atoms. The van der Waals surface area contributed by atoms with Crippen molar-refractivity contribution in [1.82, 2.24) is 9.97 Å². The molecule has 0 aromatic carbocycles. The molecule has 4 rings (SSSR count). The molecular formula is C21H22FN3O3S. The topological polar surface area (TPSA) is 89.0 Å². The lowest BCUT2D eigenvalue weighted by Crippen LogP contribution is -2.17. The van der Waals surface area contributed by atoms with Crippen LogP contribution in [0.25, 0.3) is 17.3 Å². The average Bonchev–Trinajstić information content (AvgIpc) is 3.41. The highest BCUT2D eigenvalue weighted by Gasteiger charge is 2.30. The molecule has 0 radical (unpaired) electrons. The molecule has 2 aliphatic carbocycles. The first-order valence-corrected chi connectivity index (χ1v) is 11.4. The molecule has 0 bridgehead atoms. The van der Waals surface area contributed by atoms with Gasteiger partial charge in [-0.15, -0.1) is 0 Å². The number of hydrogen-bond acceptors (Lipinski definition) is 5. The summed E-state index contributed by atoms with van der Waals surface area (Å²) in [4.78, 5) is 20.8. The van der Waals surface area contributed by atoms with Gasteiger partial charge in [0, 0.05) is 35.6 Å². The second-order valence-corrected chi connectivity index (χ2v) is 9.34. The Morgan fingerprint density at radius 3 is 2.76 bits per heavy atom. The number of allylic oxidation sites excluding steroid dienone is 1. The van der Waals surface area contributed by atoms with Gasteiger partial charge in [-0.25, -0.2) is 13.4 Å². The largest absolute Gasteiger partial charge is 0.299 e. The summed E-state index contributed by atoms with van der Waals surface area (Å²) in [5.74, 6) is -0.632. The van der Waals surface area contributed by atoms with E-state index in [-0.39, 0.29) is 29.6 Å². The summed E-state index contributed by atoms with van der Waals surface area (Å²) in [6.07, 6.45) is 7.13. The van der Waals surface area contributed by atoms with Gasteiger partial charge in [0.25, 0.3) is 0 Å². The molecular weight excluding hydrogens is 393 g/mol. The zero-order chi connectivity index (χ0) is 20.6.